The first-order chi connectivity index (χ1) is 10.1. The van der Waals surface area contributed by atoms with Crippen LogP contribution in [0.25, 0.3) is 0 Å². The number of nitrogens with one attached hydrogen (secondary N) is 1. The molecule has 1 unspecified atom stereocenters. The van der Waals surface area contributed by atoms with Crippen LogP contribution in [-0.2, 0) is 9.53 Å². The van der Waals surface area contributed by atoms with Gasteiger partial charge in [0, 0.05) is 24.4 Å². The second-order valence-electron chi connectivity index (χ2n) is 5.34. The van der Waals surface area contributed by atoms with E-state index in [1.54, 1.807) is 0 Å². The molecule has 1 atom stereocenters. The minimum Gasteiger partial charge on any atom is -0.469 e. The van der Waals surface area contributed by atoms with Crippen LogP contribution in [0.15, 0.2) is 0 Å². The minimum absolute atomic E-state index is 0.133. The lowest BCUT2D eigenvalue weighted by Crippen LogP contribution is -2.06. The van der Waals surface area contributed by atoms with Crippen LogP contribution in [0.4, 0.5) is 17.6 Å². The fourth-order valence-electron chi connectivity index (χ4n) is 2.73. The molecule has 2 rings (SSSR count). The van der Waals surface area contributed by atoms with E-state index in [1.807, 2.05) is 0 Å². The molecule has 1 aromatic rings. The van der Waals surface area contributed by atoms with Gasteiger partial charge in [-0.3, -0.25) is 4.79 Å². The third kappa shape index (κ3) is 3.96. The smallest absolute Gasteiger partial charge is 0.305 e. The Bertz CT molecular complexity index is 506. The number of hydrogen-bond acceptors (Lipinski definition) is 7. The van der Waals surface area contributed by atoms with Gasteiger partial charge in [0.15, 0.2) is 0 Å². The summed E-state index contributed by atoms with van der Waals surface area (Å²) in [5.41, 5.74) is 12.5. The van der Waals surface area contributed by atoms with Crippen molar-refractivity contribution in [1.29, 1.82) is 0 Å². The molecule has 5 N–H and O–H groups in total. The van der Waals surface area contributed by atoms with Crippen molar-refractivity contribution in [3.05, 3.63) is 5.56 Å². The number of anilines is 3. The molecule has 7 nitrogen and oxygen atoms in total. The topological polar surface area (TPSA) is 116 Å². The molecular formula is C14H23N5O2. The van der Waals surface area contributed by atoms with Gasteiger partial charge in [0.05, 0.1) is 7.11 Å². The van der Waals surface area contributed by atoms with Gasteiger partial charge >= 0.3 is 5.97 Å². The first kappa shape index (κ1) is 15.3. The van der Waals surface area contributed by atoms with Crippen LogP contribution in [0, 0.1) is 0 Å². The monoisotopic (exact) mass is 293 g/mol. The summed E-state index contributed by atoms with van der Waals surface area (Å²) < 4.78 is 4.61. The fourth-order valence-corrected chi connectivity index (χ4v) is 2.73. The number of rotatable bonds is 7. The van der Waals surface area contributed by atoms with Gasteiger partial charge in [-0.05, 0) is 12.8 Å². The molecule has 0 bridgehead atoms. The molecule has 0 fully saturated rings. The SMILES string of the molecule is COC(=O)CCCCCCC1CNc2nc(N)nc(N)c21. The van der Waals surface area contributed by atoms with Crippen molar-refractivity contribution in [2.24, 2.45) is 0 Å². The molecule has 116 valence electrons. The lowest BCUT2D eigenvalue weighted by molar-refractivity contribution is -0.140. The predicted molar refractivity (Wildman–Crippen MR) is 81.8 cm³/mol. The molecule has 0 saturated heterocycles. The highest BCUT2D eigenvalue weighted by atomic mass is 16.5. The molecule has 0 saturated carbocycles. The summed E-state index contributed by atoms with van der Waals surface area (Å²) >= 11 is 0. The normalized spacial score (nSPS) is 16.3. The number of fused-ring (bicyclic) bond motifs is 1. The minimum atomic E-state index is -0.133. The summed E-state index contributed by atoms with van der Waals surface area (Å²) in [6, 6.07) is 0. The van der Waals surface area contributed by atoms with Gasteiger partial charge in [-0.15, -0.1) is 0 Å². The van der Waals surface area contributed by atoms with E-state index in [4.69, 9.17) is 11.5 Å². The third-order valence-electron chi connectivity index (χ3n) is 3.83. The largest absolute Gasteiger partial charge is 0.469 e. The van der Waals surface area contributed by atoms with Crippen molar-refractivity contribution in [3.63, 3.8) is 0 Å². The highest BCUT2D eigenvalue weighted by Gasteiger charge is 2.26. The van der Waals surface area contributed by atoms with Gasteiger partial charge in [0.1, 0.15) is 11.6 Å². The average Bonchev–Trinajstić information content (AvgIpc) is 2.85. The van der Waals surface area contributed by atoms with E-state index >= 15 is 0 Å². The summed E-state index contributed by atoms with van der Waals surface area (Å²) in [7, 11) is 1.42. The van der Waals surface area contributed by atoms with Crippen molar-refractivity contribution < 1.29 is 9.53 Å². The Hall–Kier alpha value is -2.05. The number of ether oxygens (including phenoxy) is 1. The van der Waals surface area contributed by atoms with Gasteiger partial charge in [-0.2, -0.15) is 9.97 Å². The van der Waals surface area contributed by atoms with Gasteiger partial charge in [-0.25, -0.2) is 0 Å². The Morgan fingerprint density at radius 1 is 1.29 bits per heavy atom. The number of carbonyl (C=O) groups is 1. The molecule has 0 amide bonds. The van der Waals surface area contributed by atoms with Gasteiger partial charge in [0.2, 0.25) is 5.95 Å². The van der Waals surface area contributed by atoms with Gasteiger partial charge in [0.25, 0.3) is 0 Å². The number of esters is 1. The Morgan fingerprint density at radius 3 is 2.81 bits per heavy atom. The summed E-state index contributed by atoms with van der Waals surface area (Å²) in [5, 5.41) is 3.23. The zero-order valence-electron chi connectivity index (χ0n) is 12.4. The molecule has 21 heavy (non-hydrogen) atoms. The van der Waals surface area contributed by atoms with Crippen LogP contribution in [0.1, 0.15) is 50.0 Å². The van der Waals surface area contributed by atoms with E-state index in [1.165, 1.54) is 7.11 Å². The maximum Gasteiger partial charge on any atom is 0.305 e. The quantitative estimate of drug-likeness (QED) is 0.517. The van der Waals surface area contributed by atoms with Crippen molar-refractivity contribution in [2.45, 2.75) is 44.4 Å². The first-order valence-electron chi connectivity index (χ1n) is 7.35. The van der Waals surface area contributed by atoms with Crippen molar-refractivity contribution in [1.82, 2.24) is 9.97 Å². The van der Waals surface area contributed by atoms with E-state index < -0.39 is 0 Å². The second kappa shape index (κ2) is 7.10. The van der Waals surface area contributed by atoms with Crippen molar-refractivity contribution in [2.75, 3.05) is 30.4 Å². The summed E-state index contributed by atoms with van der Waals surface area (Å²) in [4.78, 5) is 19.2. The number of nitrogens with two attached hydrogens (primary N) is 2. The summed E-state index contributed by atoms with van der Waals surface area (Å²) in [5.74, 6) is 1.68. The number of hydrogen-bond donors (Lipinski definition) is 3. The van der Waals surface area contributed by atoms with Crippen molar-refractivity contribution >= 4 is 23.6 Å². The highest BCUT2D eigenvalue weighted by Crippen LogP contribution is 2.37. The Morgan fingerprint density at radius 2 is 2.05 bits per heavy atom. The Balaban J connectivity index is 1.73. The summed E-state index contributed by atoms with van der Waals surface area (Å²) in [6.45, 7) is 0.833. The molecule has 0 spiro atoms. The van der Waals surface area contributed by atoms with E-state index in [9.17, 15) is 4.79 Å². The van der Waals surface area contributed by atoms with Crippen LogP contribution in [0.3, 0.4) is 0 Å². The highest BCUT2D eigenvalue weighted by molar-refractivity contribution is 5.69. The summed E-state index contributed by atoms with van der Waals surface area (Å²) in [6.07, 6.45) is 5.65. The molecule has 2 heterocycles. The lowest BCUT2D eigenvalue weighted by Gasteiger charge is -2.11. The van der Waals surface area contributed by atoms with Gasteiger partial charge in [-0.1, -0.05) is 19.3 Å². The van der Waals surface area contributed by atoms with Crippen LogP contribution in [0.5, 0.6) is 0 Å². The predicted octanol–water partition coefficient (Wildman–Crippen LogP) is 1.66. The standard InChI is InChI=1S/C14H23N5O2/c1-21-10(20)7-5-3-2-4-6-9-8-17-13-11(9)12(15)18-14(16)19-13/h9H,2-8H2,1H3,(H5,15,16,17,18,19). The lowest BCUT2D eigenvalue weighted by atomic mass is 9.96. The zero-order valence-corrected chi connectivity index (χ0v) is 12.4. The van der Waals surface area contributed by atoms with Crippen LogP contribution >= 0.6 is 0 Å². The Labute approximate surface area is 124 Å². The molecule has 0 radical (unpaired) electrons. The number of unbranched alkanes of at least 4 members (excludes halogenated alkanes) is 3. The number of methoxy groups -OCH3 is 1. The number of nitrogens with zero attached hydrogens (tertiary/aromatic N) is 2. The molecule has 1 aliphatic heterocycles. The number of carbonyl (C=O) groups excluding carboxylic acids is 1. The molecule has 1 aliphatic rings. The molecule has 0 aromatic carbocycles. The van der Waals surface area contributed by atoms with Crippen LogP contribution < -0.4 is 16.8 Å². The maximum absolute atomic E-state index is 11.0. The molecular weight excluding hydrogens is 270 g/mol. The van der Waals surface area contributed by atoms with E-state index in [-0.39, 0.29) is 11.9 Å². The second-order valence-corrected chi connectivity index (χ2v) is 5.34. The van der Waals surface area contributed by atoms with Crippen LogP contribution in [0.2, 0.25) is 0 Å². The maximum atomic E-state index is 11.0. The molecule has 0 aliphatic carbocycles. The average molecular weight is 293 g/mol. The van der Waals surface area contributed by atoms with E-state index in [0.29, 0.717) is 18.2 Å². The van der Waals surface area contributed by atoms with E-state index in [0.717, 1.165) is 50.0 Å². The molecule has 1 aromatic heterocycles. The molecule has 7 heteroatoms. The van der Waals surface area contributed by atoms with E-state index in [2.05, 4.69) is 20.0 Å². The van der Waals surface area contributed by atoms with Crippen LogP contribution in [-0.4, -0.2) is 29.6 Å². The van der Waals surface area contributed by atoms with Crippen molar-refractivity contribution in [3.8, 4) is 0 Å². The number of aromatic nitrogens is 2. The van der Waals surface area contributed by atoms with Gasteiger partial charge < -0.3 is 21.5 Å². The fraction of sp³-hybridized carbons (Fsp3) is 0.643. The zero-order chi connectivity index (χ0) is 15.2. The first-order valence-corrected chi connectivity index (χ1v) is 7.35. The Kier molecular flexibility index (Phi) is 5.19. The third-order valence-corrected chi connectivity index (χ3v) is 3.83. The number of nitrogen functional groups attached to an aromatic ring is 2.